The second-order valence-electron chi connectivity index (χ2n) is 7.86. The third kappa shape index (κ3) is 4.17. The van der Waals surface area contributed by atoms with Gasteiger partial charge in [0.2, 0.25) is 0 Å². The van der Waals surface area contributed by atoms with Gasteiger partial charge < -0.3 is 9.84 Å². The minimum Gasteiger partial charge on any atom is -0.393 e. The molecule has 0 amide bonds. The molecule has 0 bridgehead atoms. The highest BCUT2D eigenvalue weighted by Crippen LogP contribution is 2.41. The van der Waals surface area contributed by atoms with Crippen LogP contribution in [0.4, 0.5) is 0 Å². The Morgan fingerprint density at radius 1 is 1.16 bits per heavy atom. The van der Waals surface area contributed by atoms with Crippen molar-refractivity contribution in [3.05, 3.63) is 0 Å². The molecule has 1 rings (SSSR count). The Morgan fingerprint density at radius 3 is 2.21 bits per heavy atom. The summed E-state index contributed by atoms with van der Waals surface area (Å²) in [5, 5.41) is 10.0. The Hall–Kier alpha value is -0.120. The molecule has 1 aliphatic carbocycles. The number of aliphatic hydroxyl groups is 1. The third-order valence-corrected chi connectivity index (χ3v) is 4.85. The average molecular weight is 271 g/mol. The number of ether oxygens (including phenoxy) is 1. The second-order valence-corrected chi connectivity index (χ2v) is 7.86. The fourth-order valence-electron chi connectivity index (χ4n) is 3.47. The first-order valence-corrected chi connectivity index (χ1v) is 7.49. The smallest absolute Gasteiger partial charge is 0.0641 e. The molecule has 1 N–H and O–H groups in total. The molecule has 0 saturated heterocycles. The van der Waals surface area contributed by atoms with E-state index in [1.807, 2.05) is 0 Å². The monoisotopic (exact) mass is 271 g/mol. The van der Waals surface area contributed by atoms with Crippen LogP contribution in [0.25, 0.3) is 0 Å². The largest absolute Gasteiger partial charge is 0.393 e. The van der Waals surface area contributed by atoms with Crippen LogP contribution in [0.15, 0.2) is 0 Å². The summed E-state index contributed by atoms with van der Waals surface area (Å²) in [5.41, 5.74) is 0.280. The normalized spacial score (nSPS) is 29.8. The minimum absolute atomic E-state index is 0.0000231. The van der Waals surface area contributed by atoms with E-state index in [1.165, 1.54) is 0 Å². The summed E-state index contributed by atoms with van der Waals surface area (Å²) >= 11 is 0. The summed E-state index contributed by atoms with van der Waals surface area (Å²) < 4.78 is 5.36. The molecule has 1 saturated carbocycles. The van der Waals surface area contributed by atoms with Gasteiger partial charge in [-0.3, -0.25) is 4.90 Å². The van der Waals surface area contributed by atoms with Gasteiger partial charge in [0.05, 0.1) is 12.7 Å². The number of hydrogen-bond acceptors (Lipinski definition) is 3. The molecule has 3 atom stereocenters. The summed E-state index contributed by atoms with van der Waals surface area (Å²) in [7, 11) is 3.94. The van der Waals surface area contributed by atoms with Gasteiger partial charge in [-0.1, -0.05) is 20.8 Å². The molecular weight excluding hydrogens is 238 g/mol. The number of rotatable bonds is 4. The Balaban J connectivity index is 2.91. The molecule has 19 heavy (non-hydrogen) atoms. The van der Waals surface area contributed by atoms with Crippen molar-refractivity contribution in [1.82, 2.24) is 4.90 Å². The molecule has 3 nitrogen and oxygen atoms in total. The van der Waals surface area contributed by atoms with Crippen molar-refractivity contribution in [2.75, 3.05) is 20.8 Å². The summed E-state index contributed by atoms with van der Waals surface area (Å²) in [6.45, 7) is 12.1. The van der Waals surface area contributed by atoms with Crippen LogP contribution in [0.3, 0.4) is 0 Å². The van der Waals surface area contributed by atoms with Crippen molar-refractivity contribution in [2.24, 2.45) is 11.3 Å². The predicted octanol–water partition coefficient (Wildman–Crippen LogP) is 2.92. The lowest BCUT2D eigenvalue weighted by Crippen LogP contribution is -2.57. The topological polar surface area (TPSA) is 32.7 Å². The Kier molecular flexibility index (Phi) is 5.44. The van der Waals surface area contributed by atoms with Crippen LogP contribution in [-0.4, -0.2) is 48.5 Å². The highest BCUT2D eigenvalue weighted by Gasteiger charge is 2.42. The Morgan fingerprint density at radius 2 is 1.74 bits per heavy atom. The highest BCUT2D eigenvalue weighted by atomic mass is 16.5. The van der Waals surface area contributed by atoms with Gasteiger partial charge in [0, 0.05) is 18.7 Å². The van der Waals surface area contributed by atoms with E-state index in [1.54, 1.807) is 7.11 Å². The summed E-state index contributed by atoms with van der Waals surface area (Å²) in [6.07, 6.45) is 2.79. The third-order valence-electron chi connectivity index (χ3n) is 4.85. The lowest BCUT2D eigenvalue weighted by Gasteiger charge is -2.50. The van der Waals surface area contributed by atoms with E-state index in [0.29, 0.717) is 18.6 Å². The van der Waals surface area contributed by atoms with Crippen LogP contribution in [-0.2, 0) is 4.74 Å². The van der Waals surface area contributed by atoms with Gasteiger partial charge in [-0.2, -0.15) is 0 Å². The molecule has 114 valence electrons. The van der Waals surface area contributed by atoms with E-state index in [2.05, 4.69) is 46.6 Å². The maximum Gasteiger partial charge on any atom is 0.0641 e. The van der Waals surface area contributed by atoms with Crippen LogP contribution in [0, 0.1) is 11.3 Å². The van der Waals surface area contributed by atoms with Gasteiger partial charge in [0.25, 0.3) is 0 Å². The summed E-state index contributed by atoms with van der Waals surface area (Å²) in [6, 6.07) is 0.425. The maximum absolute atomic E-state index is 10.0. The summed E-state index contributed by atoms with van der Waals surface area (Å²) in [5.74, 6) is 0.622. The maximum atomic E-state index is 10.0. The lowest BCUT2D eigenvalue weighted by molar-refractivity contribution is -0.0556. The van der Waals surface area contributed by atoms with Crippen LogP contribution < -0.4 is 0 Å². The van der Waals surface area contributed by atoms with Gasteiger partial charge >= 0.3 is 0 Å². The van der Waals surface area contributed by atoms with Crippen molar-refractivity contribution in [1.29, 1.82) is 0 Å². The first kappa shape index (κ1) is 16.9. The molecular formula is C16H33NO2. The fourth-order valence-corrected chi connectivity index (χ4v) is 3.47. The fraction of sp³-hybridized carbons (Fsp3) is 1.00. The van der Waals surface area contributed by atoms with E-state index >= 15 is 0 Å². The number of hydrogen-bond donors (Lipinski definition) is 1. The van der Waals surface area contributed by atoms with E-state index in [9.17, 15) is 5.11 Å². The van der Waals surface area contributed by atoms with Gasteiger partial charge in [-0.05, 0) is 51.5 Å². The van der Waals surface area contributed by atoms with Gasteiger partial charge in [-0.25, -0.2) is 0 Å². The van der Waals surface area contributed by atoms with Gasteiger partial charge in [0.15, 0.2) is 0 Å². The SMILES string of the molecule is COCC(C)(C)N(C)C1CC(O)CCC1C(C)(C)C. The van der Waals surface area contributed by atoms with Crippen LogP contribution in [0.1, 0.15) is 53.9 Å². The number of likely N-dealkylation sites (N-methyl/N-ethyl adjacent to an activating group) is 1. The molecule has 0 radical (unpaired) electrons. The molecule has 0 aromatic heterocycles. The van der Waals surface area contributed by atoms with Gasteiger partial charge in [0.1, 0.15) is 0 Å². The molecule has 3 heteroatoms. The van der Waals surface area contributed by atoms with Crippen molar-refractivity contribution in [3.63, 3.8) is 0 Å². The first-order valence-electron chi connectivity index (χ1n) is 7.49. The van der Waals surface area contributed by atoms with Crippen molar-refractivity contribution >= 4 is 0 Å². The molecule has 1 aliphatic rings. The van der Waals surface area contributed by atoms with Crippen molar-refractivity contribution < 1.29 is 9.84 Å². The van der Waals surface area contributed by atoms with Crippen LogP contribution >= 0.6 is 0 Å². The second kappa shape index (κ2) is 6.11. The van der Waals surface area contributed by atoms with E-state index in [0.717, 1.165) is 19.3 Å². The van der Waals surface area contributed by atoms with Crippen molar-refractivity contribution in [2.45, 2.75) is 71.6 Å². The molecule has 0 aromatic carbocycles. The standard InChI is InChI=1S/C16H33NO2/c1-15(2,3)13-9-8-12(18)10-14(13)17(6)16(4,5)11-19-7/h12-14,18H,8-11H2,1-7H3. The average Bonchev–Trinajstić information content (AvgIpc) is 2.26. The zero-order chi connectivity index (χ0) is 14.8. The molecule has 3 unspecified atom stereocenters. The number of nitrogens with zero attached hydrogens (tertiary/aromatic N) is 1. The Bertz CT molecular complexity index is 283. The van der Waals surface area contributed by atoms with E-state index < -0.39 is 0 Å². The van der Waals surface area contributed by atoms with E-state index in [4.69, 9.17) is 4.74 Å². The molecule has 0 heterocycles. The summed E-state index contributed by atoms with van der Waals surface area (Å²) in [4.78, 5) is 2.43. The lowest BCUT2D eigenvalue weighted by atomic mass is 9.68. The molecule has 1 fully saturated rings. The molecule has 0 spiro atoms. The molecule has 0 aliphatic heterocycles. The zero-order valence-corrected chi connectivity index (χ0v) is 13.9. The number of aliphatic hydroxyl groups excluding tert-OH is 1. The Labute approximate surface area is 119 Å². The zero-order valence-electron chi connectivity index (χ0n) is 13.9. The molecule has 0 aromatic rings. The van der Waals surface area contributed by atoms with Crippen molar-refractivity contribution in [3.8, 4) is 0 Å². The first-order chi connectivity index (χ1) is 8.59. The van der Waals surface area contributed by atoms with E-state index in [-0.39, 0.29) is 17.1 Å². The predicted molar refractivity (Wildman–Crippen MR) is 80.3 cm³/mol. The quantitative estimate of drug-likeness (QED) is 0.853. The van der Waals surface area contributed by atoms with Gasteiger partial charge in [-0.15, -0.1) is 0 Å². The highest BCUT2D eigenvalue weighted by molar-refractivity contribution is 4.95. The minimum atomic E-state index is -0.149. The number of methoxy groups -OCH3 is 1. The van der Waals surface area contributed by atoms with Crippen LogP contribution in [0.5, 0.6) is 0 Å². The van der Waals surface area contributed by atoms with Crippen LogP contribution in [0.2, 0.25) is 0 Å².